The van der Waals surface area contributed by atoms with E-state index in [4.69, 9.17) is 10.7 Å². The smallest absolute Gasteiger partial charge is 0.250 e. The second kappa shape index (κ2) is 3.31. The Morgan fingerprint density at radius 1 is 1.54 bits per heavy atom. The minimum Gasteiger partial charge on any atom is -0.250 e. The maximum absolute atomic E-state index is 11.1. The molecule has 6 heteroatoms. The van der Waals surface area contributed by atoms with Crippen LogP contribution in [0.15, 0.2) is 11.1 Å². The summed E-state index contributed by atoms with van der Waals surface area (Å²) in [7, 11) is 1.55. The maximum atomic E-state index is 11.1. The zero-order chi connectivity index (χ0) is 10.2. The molecule has 1 aromatic heterocycles. The van der Waals surface area contributed by atoms with Gasteiger partial charge in [-0.3, -0.25) is 4.68 Å². The Kier molecular flexibility index (Phi) is 2.68. The highest BCUT2D eigenvalue weighted by atomic mass is 35.7. The third kappa shape index (κ3) is 2.22. The van der Waals surface area contributed by atoms with E-state index in [1.165, 1.54) is 10.7 Å². The second-order valence-electron chi connectivity index (χ2n) is 3.10. The summed E-state index contributed by atoms with van der Waals surface area (Å²) in [5, 5.41) is 4.09. The minimum absolute atomic E-state index is 0.0165. The van der Waals surface area contributed by atoms with Crippen LogP contribution in [0, 0.1) is 6.92 Å². The molecule has 0 N–H and O–H groups in total. The van der Waals surface area contributed by atoms with Crippen molar-refractivity contribution < 1.29 is 8.42 Å². The lowest BCUT2D eigenvalue weighted by molar-refractivity contribution is 0.480. The molecule has 0 saturated carbocycles. The third-order valence-corrected chi connectivity index (χ3v) is 2.84. The van der Waals surface area contributed by atoms with E-state index < -0.39 is 9.05 Å². The second-order valence-corrected chi connectivity index (χ2v) is 5.61. The topological polar surface area (TPSA) is 52.0 Å². The van der Waals surface area contributed by atoms with Crippen molar-refractivity contribution in [3.63, 3.8) is 0 Å². The van der Waals surface area contributed by atoms with Gasteiger partial charge in [-0.25, -0.2) is 8.42 Å². The summed E-state index contributed by atoms with van der Waals surface area (Å²) < 4.78 is 23.6. The van der Waals surface area contributed by atoms with Gasteiger partial charge in [-0.2, -0.15) is 5.10 Å². The number of hydrogen-bond acceptors (Lipinski definition) is 3. The Morgan fingerprint density at radius 3 is 2.38 bits per heavy atom. The summed E-state index contributed by atoms with van der Waals surface area (Å²) in [5.74, 6) is 0. The molecule has 0 radical (unpaired) electrons. The van der Waals surface area contributed by atoms with E-state index in [1.54, 1.807) is 6.92 Å². The van der Waals surface area contributed by atoms with E-state index in [0.717, 1.165) is 0 Å². The number of aryl methyl sites for hydroxylation is 1. The lowest BCUT2D eigenvalue weighted by Gasteiger charge is -2.07. The summed E-state index contributed by atoms with van der Waals surface area (Å²) in [6.45, 7) is 5.42. The highest BCUT2D eigenvalue weighted by molar-refractivity contribution is 8.13. The minimum atomic E-state index is -3.68. The average Bonchev–Trinajstić information content (AvgIpc) is 2.29. The molecule has 0 aromatic carbocycles. The molecule has 0 atom stereocenters. The van der Waals surface area contributed by atoms with Crippen molar-refractivity contribution in [2.75, 3.05) is 0 Å². The maximum Gasteiger partial charge on any atom is 0.278 e. The largest absolute Gasteiger partial charge is 0.278 e. The molecule has 1 aromatic rings. The van der Waals surface area contributed by atoms with Crippen LogP contribution in [-0.2, 0) is 9.05 Å². The van der Waals surface area contributed by atoms with Gasteiger partial charge in [0.15, 0.2) is 5.03 Å². The summed E-state index contributed by atoms with van der Waals surface area (Å²) in [4.78, 5) is 0. The van der Waals surface area contributed by atoms with Gasteiger partial charge in [0.2, 0.25) is 0 Å². The summed E-state index contributed by atoms with van der Waals surface area (Å²) in [5.41, 5.74) is 0.646. The van der Waals surface area contributed by atoms with Crippen LogP contribution in [0.3, 0.4) is 0 Å². The standard InChI is InChI=1S/C7H11ClN2O2S/c1-5(2)10-7(13(8,11)12)4-6(3)9-10/h4-5H,1-3H3. The first-order valence-corrected chi connectivity index (χ1v) is 6.14. The molecule has 0 spiro atoms. The van der Waals surface area contributed by atoms with Crippen molar-refractivity contribution in [1.29, 1.82) is 0 Å². The van der Waals surface area contributed by atoms with Crippen molar-refractivity contribution in [1.82, 2.24) is 9.78 Å². The molecule has 0 saturated heterocycles. The van der Waals surface area contributed by atoms with Crippen LogP contribution in [0.4, 0.5) is 0 Å². The normalized spacial score (nSPS) is 12.4. The van der Waals surface area contributed by atoms with Crippen LogP contribution in [0.25, 0.3) is 0 Å². The predicted molar refractivity (Wildman–Crippen MR) is 50.4 cm³/mol. The van der Waals surface area contributed by atoms with Gasteiger partial charge in [-0.15, -0.1) is 0 Å². The Morgan fingerprint density at radius 2 is 2.08 bits per heavy atom. The quantitative estimate of drug-likeness (QED) is 0.716. The summed E-state index contributed by atoms with van der Waals surface area (Å²) in [6, 6.07) is 1.44. The van der Waals surface area contributed by atoms with Crippen molar-refractivity contribution >= 4 is 19.7 Å². The van der Waals surface area contributed by atoms with Crippen molar-refractivity contribution in [2.45, 2.75) is 31.8 Å². The number of halogens is 1. The number of aromatic nitrogens is 2. The first-order chi connectivity index (χ1) is 5.82. The van der Waals surface area contributed by atoms with E-state index in [9.17, 15) is 8.42 Å². The van der Waals surface area contributed by atoms with E-state index in [2.05, 4.69) is 5.10 Å². The molecule has 0 amide bonds. The fourth-order valence-corrected chi connectivity index (χ4v) is 2.18. The van der Waals surface area contributed by atoms with Crippen LogP contribution in [0.1, 0.15) is 25.6 Å². The summed E-state index contributed by atoms with van der Waals surface area (Å²) >= 11 is 0. The van der Waals surface area contributed by atoms with Crippen molar-refractivity contribution in [3.8, 4) is 0 Å². The molecule has 13 heavy (non-hydrogen) atoms. The van der Waals surface area contributed by atoms with Gasteiger partial charge in [0.05, 0.1) is 5.69 Å². The van der Waals surface area contributed by atoms with E-state index in [0.29, 0.717) is 5.69 Å². The zero-order valence-electron chi connectivity index (χ0n) is 7.65. The number of nitrogens with zero attached hydrogens (tertiary/aromatic N) is 2. The fourth-order valence-electron chi connectivity index (χ4n) is 1.04. The summed E-state index contributed by atoms with van der Waals surface area (Å²) in [6.07, 6.45) is 0. The Labute approximate surface area is 81.9 Å². The Bertz CT molecular complexity index is 408. The molecule has 0 bridgehead atoms. The van der Waals surface area contributed by atoms with E-state index >= 15 is 0 Å². The molecular weight excluding hydrogens is 212 g/mol. The molecule has 0 aliphatic rings. The average molecular weight is 223 g/mol. The van der Waals surface area contributed by atoms with Gasteiger partial charge < -0.3 is 0 Å². The monoisotopic (exact) mass is 222 g/mol. The highest BCUT2D eigenvalue weighted by Crippen LogP contribution is 2.19. The van der Waals surface area contributed by atoms with Crippen LogP contribution in [0.5, 0.6) is 0 Å². The molecular formula is C7H11ClN2O2S. The molecule has 1 heterocycles. The van der Waals surface area contributed by atoms with Crippen LogP contribution >= 0.6 is 10.7 Å². The third-order valence-electron chi connectivity index (χ3n) is 1.56. The first kappa shape index (κ1) is 10.5. The lowest BCUT2D eigenvalue weighted by Crippen LogP contribution is -2.09. The van der Waals surface area contributed by atoms with Gasteiger partial charge in [-0.05, 0) is 26.8 Å². The van der Waals surface area contributed by atoms with Gasteiger partial charge in [0, 0.05) is 16.7 Å². The SMILES string of the molecule is Cc1cc(S(=O)(=O)Cl)n(C(C)C)n1. The Balaban J connectivity index is 3.37. The molecule has 0 unspecified atom stereocenters. The zero-order valence-corrected chi connectivity index (χ0v) is 9.22. The van der Waals surface area contributed by atoms with Gasteiger partial charge in [-0.1, -0.05) is 0 Å². The van der Waals surface area contributed by atoms with Gasteiger partial charge in [0.25, 0.3) is 9.05 Å². The molecule has 74 valence electrons. The van der Waals surface area contributed by atoms with Crippen LogP contribution in [0.2, 0.25) is 0 Å². The van der Waals surface area contributed by atoms with Crippen LogP contribution < -0.4 is 0 Å². The fraction of sp³-hybridized carbons (Fsp3) is 0.571. The number of hydrogen-bond donors (Lipinski definition) is 0. The van der Waals surface area contributed by atoms with Crippen molar-refractivity contribution in [3.05, 3.63) is 11.8 Å². The molecule has 0 fully saturated rings. The van der Waals surface area contributed by atoms with Crippen molar-refractivity contribution in [2.24, 2.45) is 0 Å². The van der Waals surface area contributed by atoms with E-state index in [1.807, 2.05) is 13.8 Å². The lowest BCUT2D eigenvalue weighted by atomic mass is 10.4. The number of rotatable bonds is 2. The molecule has 1 rings (SSSR count). The molecule has 0 aliphatic carbocycles. The molecule has 4 nitrogen and oxygen atoms in total. The van der Waals surface area contributed by atoms with Gasteiger partial charge in [0.1, 0.15) is 0 Å². The van der Waals surface area contributed by atoms with Crippen LogP contribution in [-0.4, -0.2) is 18.2 Å². The van der Waals surface area contributed by atoms with E-state index in [-0.39, 0.29) is 11.1 Å². The highest BCUT2D eigenvalue weighted by Gasteiger charge is 2.19. The molecule has 0 aliphatic heterocycles. The Hall–Kier alpha value is -0.550. The predicted octanol–water partition coefficient (Wildman–Crippen LogP) is 1.70. The first-order valence-electron chi connectivity index (χ1n) is 3.83. The van der Waals surface area contributed by atoms with Gasteiger partial charge >= 0.3 is 0 Å².